The molecule has 0 N–H and O–H groups in total. The molecule has 8 heteroatoms. The molecule has 1 unspecified atom stereocenters. The normalized spacial score (nSPS) is 21.4. The van der Waals surface area contributed by atoms with E-state index in [2.05, 4.69) is 10.1 Å². The molecule has 2 aliphatic heterocycles. The van der Waals surface area contributed by atoms with E-state index in [-0.39, 0.29) is 17.2 Å². The van der Waals surface area contributed by atoms with Gasteiger partial charge < -0.3 is 4.90 Å². The number of aromatic nitrogens is 3. The van der Waals surface area contributed by atoms with Crippen LogP contribution in [-0.2, 0) is 16.1 Å². The van der Waals surface area contributed by atoms with Crippen molar-refractivity contribution in [1.82, 2.24) is 19.7 Å². The molecular weight excluding hydrogens is 314 g/mol. The van der Waals surface area contributed by atoms with Gasteiger partial charge in [-0.05, 0) is 11.8 Å². The lowest BCUT2D eigenvalue weighted by Gasteiger charge is -2.32. The lowest BCUT2D eigenvalue weighted by molar-refractivity contribution is -0.138. The van der Waals surface area contributed by atoms with Crippen LogP contribution in [0, 0.1) is 5.41 Å². The highest BCUT2D eigenvalue weighted by Crippen LogP contribution is 2.29. The van der Waals surface area contributed by atoms with Gasteiger partial charge in [0, 0.05) is 25.3 Å². The Morgan fingerprint density at radius 1 is 1.35 bits per heavy atom. The summed E-state index contributed by atoms with van der Waals surface area (Å²) >= 11 is 1.64. The Balaban J connectivity index is 1.76. The van der Waals surface area contributed by atoms with Crippen LogP contribution in [0.1, 0.15) is 33.6 Å². The van der Waals surface area contributed by atoms with Crippen LogP contribution in [0.4, 0.5) is 5.95 Å². The molecule has 1 fully saturated rings. The summed E-state index contributed by atoms with van der Waals surface area (Å²) in [5.41, 5.74) is -0.0801. The van der Waals surface area contributed by atoms with Crippen LogP contribution in [0.15, 0.2) is 6.33 Å². The highest BCUT2D eigenvalue weighted by molar-refractivity contribution is 7.99. The molecule has 126 valence electrons. The molecule has 2 aliphatic rings. The van der Waals surface area contributed by atoms with E-state index in [1.807, 2.05) is 20.8 Å². The lowest BCUT2D eigenvalue weighted by atomic mass is 9.91. The number of rotatable bonds is 2. The maximum Gasteiger partial charge on any atom is 0.253 e. The van der Waals surface area contributed by atoms with Gasteiger partial charge in [-0.15, -0.1) is 11.8 Å². The van der Waals surface area contributed by atoms with Gasteiger partial charge in [0.25, 0.3) is 5.91 Å². The van der Waals surface area contributed by atoms with Crippen LogP contribution in [0.5, 0.6) is 0 Å². The second kappa shape index (κ2) is 6.14. The second-order valence-electron chi connectivity index (χ2n) is 7.24. The number of hydrogen-bond acceptors (Lipinski definition) is 5. The lowest BCUT2D eigenvalue weighted by Crippen LogP contribution is -2.51. The third-order valence-electron chi connectivity index (χ3n) is 4.02. The number of fused-ring (bicyclic) bond motifs is 1. The molecule has 3 heterocycles. The van der Waals surface area contributed by atoms with Crippen LogP contribution in [-0.4, -0.2) is 55.7 Å². The molecule has 1 aromatic rings. The van der Waals surface area contributed by atoms with Crippen LogP contribution in [0.3, 0.4) is 0 Å². The van der Waals surface area contributed by atoms with Gasteiger partial charge in [0.15, 0.2) is 0 Å². The van der Waals surface area contributed by atoms with Crippen molar-refractivity contribution in [3.05, 3.63) is 6.33 Å². The first-order valence-electron chi connectivity index (χ1n) is 7.93. The number of hydrogen-bond donors (Lipinski definition) is 0. The van der Waals surface area contributed by atoms with Crippen molar-refractivity contribution in [2.75, 3.05) is 23.1 Å². The number of amides is 2. The summed E-state index contributed by atoms with van der Waals surface area (Å²) in [5.74, 6) is 1.86. The molecule has 2 amide bonds. The van der Waals surface area contributed by atoms with Gasteiger partial charge in [0.1, 0.15) is 12.4 Å². The predicted molar refractivity (Wildman–Crippen MR) is 89.0 cm³/mol. The number of carbonyl (C=O) groups excluding carboxylic acids is 2. The fourth-order valence-electron chi connectivity index (χ4n) is 2.94. The molecule has 0 aliphatic carbocycles. The molecule has 0 bridgehead atoms. The minimum atomic E-state index is -0.391. The molecule has 1 atom stereocenters. The average molecular weight is 337 g/mol. The summed E-state index contributed by atoms with van der Waals surface area (Å²) in [6, 6.07) is -0.391. The number of thioether (sulfide) groups is 1. The highest BCUT2D eigenvalue weighted by atomic mass is 32.2. The van der Waals surface area contributed by atoms with Gasteiger partial charge in [-0.3, -0.25) is 14.5 Å². The van der Waals surface area contributed by atoms with Crippen molar-refractivity contribution in [2.24, 2.45) is 5.41 Å². The molecule has 0 aromatic carbocycles. The number of aryl methyl sites for hydroxylation is 1. The number of nitrogens with zero attached hydrogens (tertiary/aromatic N) is 5. The molecular formula is C15H23N5O2S. The van der Waals surface area contributed by atoms with Crippen molar-refractivity contribution in [3.8, 4) is 0 Å². The first kappa shape index (κ1) is 16.3. The van der Waals surface area contributed by atoms with E-state index in [1.165, 1.54) is 6.33 Å². The van der Waals surface area contributed by atoms with Crippen molar-refractivity contribution in [1.29, 1.82) is 0 Å². The Morgan fingerprint density at radius 2 is 2.13 bits per heavy atom. The molecule has 7 nitrogen and oxygen atoms in total. The van der Waals surface area contributed by atoms with Gasteiger partial charge in [-0.25, -0.2) is 4.68 Å². The molecule has 0 radical (unpaired) electrons. The van der Waals surface area contributed by atoms with E-state index in [0.29, 0.717) is 30.5 Å². The molecule has 0 spiro atoms. The minimum absolute atomic E-state index is 0.0359. The Labute approximate surface area is 140 Å². The Morgan fingerprint density at radius 3 is 2.87 bits per heavy atom. The zero-order valence-electron chi connectivity index (χ0n) is 13.9. The first-order valence-corrected chi connectivity index (χ1v) is 9.09. The van der Waals surface area contributed by atoms with Crippen molar-refractivity contribution < 1.29 is 9.59 Å². The smallest absolute Gasteiger partial charge is 0.253 e. The Hall–Kier alpha value is -1.57. The van der Waals surface area contributed by atoms with E-state index >= 15 is 0 Å². The maximum absolute atomic E-state index is 13.0. The van der Waals surface area contributed by atoms with Gasteiger partial charge in [0.2, 0.25) is 11.9 Å². The van der Waals surface area contributed by atoms with E-state index in [1.54, 1.807) is 26.2 Å². The summed E-state index contributed by atoms with van der Waals surface area (Å²) in [6.07, 6.45) is 2.79. The van der Waals surface area contributed by atoms with E-state index < -0.39 is 6.04 Å². The van der Waals surface area contributed by atoms with Crippen molar-refractivity contribution in [3.63, 3.8) is 0 Å². The zero-order chi connectivity index (χ0) is 16.6. The largest absolute Gasteiger partial charge is 0.321 e. The summed E-state index contributed by atoms with van der Waals surface area (Å²) in [4.78, 5) is 33.2. The average Bonchev–Trinajstić information content (AvgIpc) is 3.12. The Kier molecular flexibility index (Phi) is 4.35. The quantitative estimate of drug-likeness (QED) is 0.815. The maximum atomic E-state index is 13.0. The van der Waals surface area contributed by atoms with Crippen LogP contribution in [0.25, 0.3) is 0 Å². The second-order valence-corrected chi connectivity index (χ2v) is 8.24. The van der Waals surface area contributed by atoms with E-state index in [0.717, 1.165) is 13.0 Å². The molecule has 3 rings (SSSR count). The third-order valence-corrected chi connectivity index (χ3v) is 5.04. The highest BCUT2D eigenvalue weighted by Gasteiger charge is 2.39. The first-order chi connectivity index (χ1) is 10.9. The summed E-state index contributed by atoms with van der Waals surface area (Å²) < 4.78 is 1.75. The Bertz CT molecular complexity index is 609. The standard InChI is InChI=1S/C15H23N5O2S/c1-15(2,3)7-12(21)19-10-23-8-11(19)13(22)18-5-4-6-20-14(18)16-9-17-20/h9,11H,4-8,10H2,1-3H3. The molecule has 23 heavy (non-hydrogen) atoms. The van der Waals surface area contributed by atoms with Gasteiger partial charge in [0.05, 0.1) is 5.88 Å². The third kappa shape index (κ3) is 3.36. The summed E-state index contributed by atoms with van der Waals surface area (Å²) in [7, 11) is 0. The minimum Gasteiger partial charge on any atom is -0.321 e. The fourth-order valence-corrected chi connectivity index (χ4v) is 4.11. The monoisotopic (exact) mass is 337 g/mol. The van der Waals surface area contributed by atoms with Crippen LogP contribution < -0.4 is 4.90 Å². The van der Waals surface area contributed by atoms with E-state index in [9.17, 15) is 9.59 Å². The van der Waals surface area contributed by atoms with Crippen LogP contribution in [0.2, 0.25) is 0 Å². The van der Waals surface area contributed by atoms with Crippen LogP contribution >= 0.6 is 11.8 Å². The fraction of sp³-hybridized carbons (Fsp3) is 0.733. The molecule has 0 saturated carbocycles. The number of carbonyl (C=O) groups is 2. The van der Waals surface area contributed by atoms with Crippen molar-refractivity contribution in [2.45, 2.75) is 46.2 Å². The molecule has 1 saturated heterocycles. The summed E-state index contributed by atoms with van der Waals surface area (Å²) in [5, 5.41) is 4.14. The predicted octanol–water partition coefficient (Wildman–Crippen LogP) is 1.35. The van der Waals surface area contributed by atoms with Gasteiger partial charge >= 0.3 is 0 Å². The van der Waals surface area contributed by atoms with Gasteiger partial charge in [-0.2, -0.15) is 10.1 Å². The molecule has 1 aromatic heterocycles. The van der Waals surface area contributed by atoms with Gasteiger partial charge in [-0.1, -0.05) is 20.8 Å². The summed E-state index contributed by atoms with van der Waals surface area (Å²) in [6.45, 7) is 7.54. The zero-order valence-corrected chi connectivity index (χ0v) is 14.7. The topological polar surface area (TPSA) is 71.3 Å². The van der Waals surface area contributed by atoms with Crippen molar-refractivity contribution >= 4 is 29.5 Å². The van der Waals surface area contributed by atoms with E-state index in [4.69, 9.17) is 0 Å². The SMILES string of the molecule is CC(C)(C)CC(=O)N1CSCC1C(=O)N1CCCn2ncnc21. The number of anilines is 1.